The number of hydrogen-bond donors (Lipinski definition) is 2. The lowest BCUT2D eigenvalue weighted by Gasteiger charge is -2.12. The molecule has 0 heterocycles. The van der Waals surface area contributed by atoms with E-state index in [9.17, 15) is 4.39 Å². The van der Waals surface area contributed by atoms with Crippen molar-refractivity contribution in [1.29, 1.82) is 0 Å². The average Bonchev–Trinajstić information content (AvgIpc) is 2.67. The molecule has 3 aromatic carbocycles. The van der Waals surface area contributed by atoms with Crippen molar-refractivity contribution < 1.29 is 9.13 Å². The fourth-order valence-electron chi connectivity index (χ4n) is 2.78. The molecule has 3 aromatic rings. The van der Waals surface area contributed by atoms with Gasteiger partial charge in [0.2, 0.25) is 0 Å². The number of ether oxygens (including phenoxy) is 1. The normalized spacial score (nSPS) is 11.0. The summed E-state index contributed by atoms with van der Waals surface area (Å²) in [5.41, 5.74) is 10.0. The van der Waals surface area contributed by atoms with Gasteiger partial charge in [0.25, 0.3) is 0 Å². The number of anilines is 1. The van der Waals surface area contributed by atoms with Gasteiger partial charge in [0, 0.05) is 12.2 Å². The van der Waals surface area contributed by atoms with Gasteiger partial charge in [-0.2, -0.15) is 0 Å². The molecule has 0 aliphatic carbocycles. The first-order valence-corrected chi connectivity index (χ1v) is 9.17. The molecule has 0 fully saturated rings. The third-order valence-corrected chi connectivity index (χ3v) is 4.44. The summed E-state index contributed by atoms with van der Waals surface area (Å²) in [4.78, 5) is 4.19. The van der Waals surface area contributed by atoms with E-state index in [1.54, 1.807) is 24.3 Å². The summed E-state index contributed by atoms with van der Waals surface area (Å²) in [6, 6.07) is 17.8. The Bertz CT molecular complexity index is 991. The predicted molar refractivity (Wildman–Crippen MR) is 113 cm³/mol. The third kappa shape index (κ3) is 5.24. The van der Waals surface area contributed by atoms with Crippen LogP contribution in [0.5, 0.6) is 5.75 Å². The molecule has 6 heteroatoms. The van der Waals surface area contributed by atoms with Crippen LogP contribution in [-0.2, 0) is 13.2 Å². The summed E-state index contributed by atoms with van der Waals surface area (Å²) >= 11 is 6.34. The zero-order valence-corrected chi connectivity index (χ0v) is 16.2. The van der Waals surface area contributed by atoms with E-state index in [4.69, 9.17) is 22.1 Å². The number of nitrogens with one attached hydrogen (secondary N) is 1. The van der Waals surface area contributed by atoms with Gasteiger partial charge in [-0.15, -0.1) is 0 Å². The Labute approximate surface area is 168 Å². The van der Waals surface area contributed by atoms with Crippen molar-refractivity contribution in [2.24, 2.45) is 10.7 Å². The maximum atomic E-state index is 13.2. The second kappa shape index (κ2) is 9.24. The van der Waals surface area contributed by atoms with Gasteiger partial charge in [0.15, 0.2) is 0 Å². The van der Waals surface area contributed by atoms with E-state index in [1.807, 2.05) is 25.1 Å². The van der Waals surface area contributed by atoms with Gasteiger partial charge in [-0.05, 0) is 54.4 Å². The molecule has 0 radical (unpaired) electrons. The second-order valence-corrected chi connectivity index (χ2v) is 6.73. The summed E-state index contributed by atoms with van der Waals surface area (Å²) in [7, 11) is 0. The minimum Gasteiger partial charge on any atom is -0.487 e. The second-order valence-electron chi connectivity index (χ2n) is 6.33. The minimum absolute atomic E-state index is 0.244. The molecule has 0 bridgehead atoms. The summed E-state index contributed by atoms with van der Waals surface area (Å²) < 4.78 is 18.9. The Balaban J connectivity index is 1.65. The third-order valence-electron chi connectivity index (χ3n) is 4.15. The maximum absolute atomic E-state index is 13.2. The predicted octanol–water partition coefficient (Wildman–Crippen LogP) is 5.60. The molecule has 0 aliphatic heterocycles. The van der Waals surface area contributed by atoms with Gasteiger partial charge in [-0.3, -0.25) is 0 Å². The fourth-order valence-corrected chi connectivity index (χ4v) is 3.01. The monoisotopic (exact) mass is 397 g/mol. The largest absolute Gasteiger partial charge is 0.487 e. The molecule has 3 N–H and O–H groups in total. The van der Waals surface area contributed by atoms with Crippen molar-refractivity contribution in [3.8, 4) is 5.75 Å². The Morgan fingerprint density at radius 2 is 2.00 bits per heavy atom. The quantitative estimate of drug-likeness (QED) is 0.403. The van der Waals surface area contributed by atoms with Crippen LogP contribution < -0.4 is 15.8 Å². The highest BCUT2D eigenvalue weighted by Crippen LogP contribution is 2.29. The van der Waals surface area contributed by atoms with Crippen LogP contribution in [0.2, 0.25) is 5.02 Å². The van der Waals surface area contributed by atoms with Gasteiger partial charge >= 0.3 is 0 Å². The molecule has 0 saturated heterocycles. The van der Waals surface area contributed by atoms with Gasteiger partial charge < -0.3 is 15.8 Å². The van der Waals surface area contributed by atoms with Crippen molar-refractivity contribution >= 4 is 29.3 Å². The summed E-state index contributed by atoms with van der Waals surface area (Å²) in [6.07, 6.45) is 1.29. The number of hydrogen-bond acceptors (Lipinski definition) is 3. The van der Waals surface area contributed by atoms with E-state index >= 15 is 0 Å². The van der Waals surface area contributed by atoms with Crippen LogP contribution in [0.15, 0.2) is 65.7 Å². The Hall–Kier alpha value is -3.05. The molecule has 0 atom stereocenters. The molecule has 0 unspecified atom stereocenters. The SMILES string of the molecule is Cc1ccc(N=CN)c(CNc2ccc(OCc3cccc(F)c3)c(Cl)c2)c1. The molecule has 4 nitrogen and oxygen atoms in total. The van der Waals surface area contributed by atoms with Crippen molar-refractivity contribution in [3.05, 3.63) is 88.2 Å². The zero-order valence-electron chi connectivity index (χ0n) is 15.5. The van der Waals surface area contributed by atoms with Crippen molar-refractivity contribution in [1.82, 2.24) is 0 Å². The standard InChI is InChI=1S/C22H21ClFN3O/c1-15-5-7-21(27-14-25)17(9-15)12-26-19-6-8-22(20(23)11-19)28-13-16-3-2-4-18(24)10-16/h2-11,14,26H,12-13H2,1H3,(H2,25,27). The molecule has 0 aliphatic rings. The lowest BCUT2D eigenvalue weighted by molar-refractivity contribution is 0.306. The minimum atomic E-state index is -0.291. The first-order valence-electron chi connectivity index (χ1n) is 8.79. The summed E-state index contributed by atoms with van der Waals surface area (Å²) in [5, 5.41) is 3.81. The van der Waals surface area contributed by atoms with E-state index < -0.39 is 0 Å². The number of halogens is 2. The lowest BCUT2D eigenvalue weighted by atomic mass is 10.1. The molecule has 144 valence electrons. The van der Waals surface area contributed by atoms with Gasteiger partial charge in [-0.1, -0.05) is 41.4 Å². The molecular weight excluding hydrogens is 377 g/mol. The number of nitrogens with zero attached hydrogens (tertiary/aromatic N) is 1. The Morgan fingerprint density at radius 3 is 2.75 bits per heavy atom. The number of aryl methyl sites for hydroxylation is 1. The first kappa shape index (κ1) is 19.7. The molecular formula is C22H21ClFN3O. The molecule has 0 aromatic heterocycles. The van der Waals surface area contributed by atoms with Crippen LogP contribution in [0, 0.1) is 12.7 Å². The Kier molecular flexibility index (Phi) is 6.50. The number of rotatable bonds is 7. The highest BCUT2D eigenvalue weighted by Gasteiger charge is 2.06. The maximum Gasteiger partial charge on any atom is 0.138 e. The highest BCUT2D eigenvalue weighted by molar-refractivity contribution is 6.32. The van der Waals surface area contributed by atoms with Crippen molar-refractivity contribution in [2.75, 3.05) is 5.32 Å². The van der Waals surface area contributed by atoms with Crippen LogP contribution in [0.3, 0.4) is 0 Å². The van der Waals surface area contributed by atoms with Crippen LogP contribution in [-0.4, -0.2) is 6.34 Å². The van der Waals surface area contributed by atoms with Gasteiger partial charge in [0.1, 0.15) is 18.2 Å². The van der Waals surface area contributed by atoms with E-state index in [0.717, 1.165) is 28.1 Å². The van der Waals surface area contributed by atoms with E-state index in [2.05, 4.69) is 16.4 Å². The fraction of sp³-hybridized carbons (Fsp3) is 0.136. The lowest BCUT2D eigenvalue weighted by Crippen LogP contribution is -2.01. The number of aliphatic imine (C=N–C) groups is 1. The first-order chi connectivity index (χ1) is 13.5. The van der Waals surface area contributed by atoms with Crippen LogP contribution >= 0.6 is 11.6 Å². The van der Waals surface area contributed by atoms with Gasteiger partial charge in [-0.25, -0.2) is 9.38 Å². The molecule has 3 rings (SSSR count). The summed E-state index contributed by atoms with van der Waals surface area (Å²) in [5.74, 6) is 0.252. The topological polar surface area (TPSA) is 59.6 Å². The highest BCUT2D eigenvalue weighted by atomic mass is 35.5. The van der Waals surface area contributed by atoms with Crippen LogP contribution in [0.4, 0.5) is 15.8 Å². The smallest absolute Gasteiger partial charge is 0.138 e. The summed E-state index contributed by atoms with van der Waals surface area (Å²) in [6.45, 7) is 2.85. The van der Waals surface area contributed by atoms with E-state index in [0.29, 0.717) is 17.3 Å². The average molecular weight is 398 g/mol. The van der Waals surface area contributed by atoms with Gasteiger partial charge in [0.05, 0.1) is 17.0 Å². The van der Waals surface area contributed by atoms with Crippen molar-refractivity contribution in [3.63, 3.8) is 0 Å². The van der Waals surface area contributed by atoms with Crippen LogP contribution in [0.1, 0.15) is 16.7 Å². The van der Waals surface area contributed by atoms with Crippen molar-refractivity contribution in [2.45, 2.75) is 20.1 Å². The number of benzene rings is 3. The molecule has 28 heavy (non-hydrogen) atoms. The molecule has 0 spiro atoms. The molecule has 0 amide bonds. The van der Waals surface area contributed by atoms with Crippen LogP contribution in [0.25, 0.3) is 0 Å². The van der Waals surface area contributed by atoms with E-state index in [-0.39, 0.29) is 12.4 Å². The number of nitrogens with two attached hydrogens (primary N) is 1. The molecule has 0 saturated carbocycles. The Morgan fingerprint density at radius 1 is 1.14 bits per heavy atom. The zero-order chi connectivity index (χ0) is 19.9. The van der Waals surface area contributed by atoms with E-state index in [1.165, 1.54) is 18.5 Å².